The number of hydrogen-bond acceptors (Lipinski definition) is 3. The van der Waals surface area contributed by atoms with Crippen molar-refractivity contribution >= 4 is 5.91 Å². The molecule has 1 amide bonds. The zero-order valence-corrected chi connectivity index (χ0v) is 11.6. The average molecular weight is 258 g/mol. The normalized spacial score (nSPS) is 11.4. The van der Waals surface area contributed by atoms with Gasteiger partial charge in [-0.25, -0.2) is 4.68 Å². The van der Waals surface area contributed by atoms with Crippen molar-refractivity contribution in [2.24, 2.45) is 0 Å². The van der Waals surface area contributed by atoms with E-state index in [0.29, 0.717) is 5.69 Å². The molecule has 1 heterocycles. The van der Waals surface area contributed by atoms with E-state index in [1.165, 1.54) is 0 Å². The van der Waals surface area contributed by atoms with E-state index < -0.39 is 0 Å². The molecule has 0 saturated heterocycles. The Balaban J connectivity index is 2.31. The fraction of sp³-hybridized carbons (Fsp3) is 0.357. The van der Waals surface area contributed by atoms with E-state index in [-0.39, 0.29) is 11.4 Å². The predicted octanol–water partition coefficient (Wildman–Crippen LogP) is 2.10. The second-order valence-electron chi connectivity index (χ2n) is 5.47. The maximum atomic E-state index is 12.1. The predicted molar refractivity (Wildman–Crippen MR) is 73.3 cm³/mol. The molecule has 5 nitrogen and oxygen atoms in total. The molecule has 2 rings (SSSR count). The molecule has 0 aliphatic heterocycles. The van der Waals surface area contributed by atoms with Gasteiger partial charge in [-0.15, -0.1) is 5.10 Å². The lowest BCUT2D eigenvalue weighted by molar-refractivity contribution is 0.0913. The van der Waals surface area contributed by atoms with Gasteiger partial charge >= 0.3 is 0 Å². The summed E-state index contributed by atoms with van der Waals surface area (Å²) in [5.41, 5.74) is 1.69. The Morgan fingerprint density at radius 2 is 1.84 bits per heavy atom. The van der Waals surface area contributed by atoms with Gasteiger partial charge in [0, 0.05) is 5.54 Å². The van der Waals surface area contributed by atoms with Crippen LogP contribution >= 0.6 is 0 Å². The average Bonchev–Trinajstić information content (AvgIpc) is 2.70. The highest BCUT2D eigenvalue weighted by atomic mass is 16.2. The molecule has 0 bridgehead atoms. The van der Waals surface area contributed by atoms with Gasteiger partial charge in [0.15, 0.2) is 5.69 Å². The second-order valence-corrected chi connectivity index (χ2v) is 5.47. The van der Waals surface area contributed by atoms with Crippen LogP contribution in [0.2, 0.25) is 0 Å². The van der Waals surface area contributed by atoms with Crippen LogP contribution in [0.1, 0.15) is 37.0 Å². The monoisotopic (exact) mass is 258 g/mol. The Kier molecular flexibility index (Phi) is 3.38. The first-order chi connectivity index (χ1) is 8.88. The summed E-state index contributed by atoms with van der Waals surface area (Å²) >= 11 is 0. The van der Waals surface area contributed by atoms with Crippen LogP contribution < -0.4 is 5.32 Å². The topological polar surface area (TPSA) is 59.8 Å². The van der Waals surface area contributed by atoms with Crippen LogP contribution in [0.5, 0.6) is 0 Å². The molecule has 0 saturated carbocycles. The highest BCUT2D eigenvalue weighted by Gasteiger charge is 2.21. The van der Waals surface area contributed by atoms with E-state index in [1.54, 1.807) is 4.68 Å². The summed E-state index contributed by atoms with van der Waals surface area (Å²) in [5.74, 6) is -0.202. The third kappa shape index (κ3) is 2.99. The van der Waals surface area contributed by atoms with Gasteiger partial charge in [-0.1, -0.05) is 23.4 Å². The third-order valence-electron chi connectivity index (χ3n) is 2.60. The molecule has 5 heteroatoms. The van der Waals surface area contributed by atoms with Crippen molar-refractivity contribution in [2.45, 2.75) is 33.2 Å². The summed E-state index contributed by atoms with van der Waals surface area (Å²) < 4.78 is 1.66. The van der Waals surface area contributed by atoms with Crippen LogP contribution in [0.3, 0.4) is 0 Å². The number of rotatable bonds is 2. The van der Waals surface area contributed by atoms with Crippen molar-refractivity contribution in [2.75, 3.05) is 0 Å². The summed E-state index contributed by atoms with van der Waals surface area (Å²) in [6.45, 7) is 7.64. The molecule has 0 radical (unpaired) electrons. The molecule has 1 aromatic heterocycles. The molecule has 1 N–H and O–H groups in total. The lowest BCUT2D eigenvalue weighted by Gasteiger charge is -2.19. The molecule has 100 valence electrons. The molecule has 0 unspecified atom stereocenters. The summed E-state index contributed by atoms with van der Waals surface area (Å²) in [5, 5.41) is 10.9. The van der Waals surface area contributed by atoms with Crippen molar-refractivity contribution in [3.8, 4) is 5.69 Å². The fourth-order valence-corrected chi connectivity index (χ4v) is 1.75. The Labute approximate surface area is 112 Å². The van der Waals surface area contributed by atoms with Crippen LogP contribution in [0.25, 0.3) is 5.69 Å². The molecule has 1 aromatic carbocycles. The molecule has 0 fully saturated rings. The van der Waals surface area contributed by atoms with E-state index in [1.807, 2.05) is 58.0 Å². The zero-order chi connectivity index (χ0) is 14.0. The SMILES string of the molecule is Cc1c(C(=O)NC(C)(C)C)nnn1-c1ccccc1. The minimum Gasteiger partial charge on any atom is -0.346 e. The second kappa shape index (κ2) is 4.84. The molecule has 2 aromatic rings. The Morgan fingerprint density at radius 1 is 1.21 bits per heavy atom. The highest BCUT2D eigenvalue weighted by molar-refractivity contribution is 5.93. The van der Waals surface area contributed by atoms with Gasteiger partial charge in [0.25, 0.3) is 5.91 Å². The highest BCUT2D eigenvalue weighted by Crippen LogP contribution is 2.12. The molecular formula is C14H18N4O. The molecule has 0 aliphatic carbocycles. The van der Waals surface area contributed by atoms with Crippen LogP contribution in [0, 0.1) is 6.92 Å². The van der Waals surface area contributed by atoms with Crippen LogP contribution in [-0.2, 0) is 0 Å². The van der Waals surface area contributed by atoms with E-state index in [2.05, 4.69) is 15.6 Å². The van der Waals surface area contributed by atoms with Gasteiger partial charge < -0.3 is 5.32 Å². The van der Waals surface area contributed by atoms with Crippen LogP contribution in [0.15, 0.2) is 30.3 Å². The Morgan fingerprint density at radius 3 is 2.42 bits per heavy atom. The summed E-state index contributed by atoms with van der Waals surface area (Å²) in [6.07, 6.45) is 0. The van der Waals surface area contributed by atoms with Gasteiger partial charge in [-0.3, -0.25) is 4.79 Å². The van der Waals surface area contributed by atoms with Crippen molar-refractivity contribution in [1.82, 2.24) is 20.3 Å². The van der Waals surface area contributed by atoms with Crippen molar-refractivity contribution in [3.05, 3.63) is 41.7 Å². The lowest BCUT2D eigenvalue weighted by atomic mass is 10.1. The maximum Gasteiger partial charge on any atom is 0.274 e. The van der Waals surface area contributed by atoms with Crippen LogP contribution in [0.4, 0.5) is 0 Å². The van der Waals surface area contributed by atoms with E-state index >= 15 is 0 Å². The molecule has 0 atom stereocenters. The van der Waals surface area contributed by atoms with Gasteiger partial charge in [0.2, 0.25) is 0 Å². The number of aromatic nitrogens is 3. The van der Waals surface area contributed by atoms with Crippen molar-refractivity contribution in [3.63, 3.8) is 0 Å². The van der Waals surface area contributed by atoms with Gasteiger partial charge in [0.1, 0.15) is 0 Å². The summed E-state index contributed by atoms with van der Waals surface area (Å²) in [7, 11) is 0. The summed E-state index contributed by atoms with van der Waals surface area (Å²) in [6, 6.07) is 9.62. The quantitative estimate of drug-likeness (QED) is 0.897. The number of nitrogens with zero attached hydrogens (tertiary/aromatic N) is 3. The minimum absolute atomic E-state index is 0.202. The number of carbonyl (C=O) groups excluding carboxylic acids is 1. The third-order valence-corrected chi connectivity index (χ3v) is 2.60. The minimum atomic E-state index is -0.292. The molecule has 19 heavy (non-hydrogen) atoms. The van der Waals surface area contributed by atoms with Gasteiger partial charge in [-0.05, 0) is 39.8 Å². The standard InChI is InChI=1S/C14H18N4O/c1-10-12(13(19)15-14(2,3)4)16-17-18(10)11-8-6-5-7-9-11/h5-9H,1-4H3,(H,15,19). The first-order valence-electron chi connectivity index (χ1n) is 6.19. The fourth-order valence-electron chi connectivity index (χ4n) is 1.75. The van der Waals surface area contributed by atoms with Gasteiger partial charge in [0.05, 0.1) is 11.4 Å². The first kappa shape index (κ1) is 13.3. The number of benzene rings is 1. The Bertz CT molecular complexity index is 581. The smallest absolute Gasteiger partial charge is 0.274 e. The molecule has 0 spiro atoms. The van der Waals surface area contributed by atoms with E-state index in [0.717, 1.165) is 11.4 Å². The molecular weight excluding hydrogens is 240 g/mol. The number of nitrogens with one attached hydrogen (secondary N) is 1. The zero-order valence-electron chi connectivity index (χ0n) is 11.6. The number of hydrogen-bond donors (Lipinski definition) is 1. The van der Waals surface area contributed by atoms with Crippen molar-refractivity contribution < 1.29 is 4.79 Å². The molecule has 0 aliphatic rings. The van der Waals surface area contributed by atoms with Gasteiger partial charge in [-0.2, -0.15) is 0 Å². The maximum absolute atomic E-state index is 12.1. The number of amides is 1. The Hall–Kier alpha value is -2.17. The number of carbonyl (C=O) groups is 1. The van der Waals surface area contributed by atoms with Crippen molar-refractivity contribution in [1.29, 1.82) is 0 Å². The largest absolute Gasteiger partial charge is 0.346 e. The van der Waals surface area contributed by atoms with E-state index in [4.69, 9.17) is 0 Å². The first-order valence-corrected chi connectivity index (χ1v) is 6.19. The van der Waals surface area contributed by atoms with E-state index in [9.17, 15) is 4.79 Å². The van der Waals surface area contributed by atoms with Crippen LogP contribution in [-0.4, -0.2) is 26.4 Å². The number of para-hydroxylation sites is 1. The summed E-state index contributed by atoms with van der Waals surface area (Å²) in [4.78, 5) is 12.1. The lowest BCUT2D eigenvalue weighted by Crippen LogP contribution is -2.41.